The van der Waals surface area contributed by atoms with Crippen LogP contribution in [0.4, 0.5) is 0 Å². The van der Waals surface area contributed by atoms with E-state index in [0.717, 1.165) is 32.1 Å². The highest BCUT2D eigenvalue weighted by molar-refractivity contribution is 5.95. The molecule has 0 aromatic rings. The van der Waals surface area contributed by atoms with Gasteiger partial charge in [-0.2, -0.15) is 0 Å². The molecule has 6 nitrogen and oxygen atoms in total. The normalized spacial score (nSPS) is 25.0. The Bertz CT molecular complexity index is 343. The minimum absolute atomic E-state index is 0.156. The topological polar surface area (TPSA) is 93.1 Å². The molecular weight excluding hydrogens is 276 g/mol. The third-order valence-corrected chi connectivity index (χ3v) is 3.60. The van der Waals surface area contributed by atoms with E-state index in [1.54, 1.807) is 0 Å². The predicted molar refractivity (Wildman–Crippen MR) is 75.5 cm³/mol. The van der Waals surface area contributed by atoms with Crippen LogP contribution in [0.5, 0.6) is 0 Å². The maximum absolute atomic E-state index is 11.6. The van der Waals surface area contributed by atoms with E-state index in [0.29, 0.717) is 12.8 Å². The van der Waals surface area contributed by atoms with Crippen molar-refractivity contribution >= 4 is 11.8 Å². The van der Waals surface area contributed by atoms with E-state index in [4.69, 9.17) is 9.47 Å². The number of esters is 1. The summed E-state index contributed by atoms with van der Waals surface area (Å²) in [4.78, 5) is 23.1. The van der Waals surface area contributed by atoms with Crippen LogP contribution in [0.15, 0.2) is 0 Å². The van der Waals surface area contributed by atoms with Crippen molar-refractivity contribution in [3.05, 3.63) is 0 Å². The molecule has 0 amide bonds. The second-order valence-corrected chi connectivity index (χ2v) is 5.54. The first-order valence-electron chi connectivity index (χ1n) is 7.69. The van der Waals surface area contributed by atoms with Crippen LogP contribution in [-0.4, -0.2) is 47.1 Å². The van der Waals surface area contributed by atoms with E-state index in [-0.39, 0.29) is 18.8 Å². The molecule has 2 N–H and O–H groups in total. The monoisotopic (exact) mass is 302 g/mol. The number of hydrogen-bond donors (Lipinski definition) is 2. The summed E-state index contributed by atoms with van der Waals surface area (Å²) in [5, 5.41) is 19.3. The SMILES string of the molecule is CCCCCCCC(=O)CC(=O)OC[C@]1(O)OCC[C@@H]1O. The van der Waals surface area contributed by atoms with Gasteiger partial charge in [0.1, 0.15) is 24.9 Å². The zero-order valence-electron chi connectivity index (χ0n) is 12.7. The van der Waals surface area contributed by atoms with Crippen LogP contribution in [0.2, 0.25) is 0 Å². The number of hydrogen-bond acceptors (Lipinski definition) is 6. The molecule has 21 heavy (non-hydrogen) atoms. The molecule has 0 aromatic heterocycles. The Balaban J connectivity index is 2.14. The highest BCUT2D eigenvalue weighted by atomic mass is 16.7. The molecule has 2 atom stereocenters. The fourth-order valence-corrected chi connectivity index (χ4v) is 2.22. The average molecular weight is 302 g/mol. The lowest BCUT2D eigenvalue weighted by molar-refractivity contribution is -0.238. The lowest BCUT2D eigenvalue weighted by Crippen LogP contribution is -2.44. The summed E-state index contributed by atoms with van der Waals surface area (Å²) in [5.74, 6) is -2.68. The Morgan fingerprint density at radius 1 is 1.29 bits per heavy atom. The molecule has 0 aliphatic carbocycles. The number of aliphatic hydroxyl groups excluding tert-OH is 1. The molecular formula is C15H26O6. The first-order chi connectivity index (χ1) is 9.98. The van der Waals surface area contributed by atoms with Crippen molar-refractivity contribution in [2.24, 2.45) is 0 Å². The Kier molecular flexibility index (Phi) is 7.85. The van der Waals surface area contributed by atoms with Crippen LogP contribution >= 0.6 is 0 Å². The van der Waals surface area contributed by atoms with Crippen molar-refractivity contribution in [2.45, 2.75) is 70.2 Å². The second kappa shape index (κ2) is 9.12. The summed E-state index contributed by atoms with van der Waals surface area (Å²) in [6.07, 6.45) is 4.52. The van der Waals surface area contributed by atoms with Crippen molar-refractivity contribution in [3.63, 3.8) is 0 Å². The van der Waals surface area contributed by atoms with Gasteiger partial charge in [0.25, 0.3) is 0 Å². The van der Waals surface area contributed by atoms with Crippen LogP contribution in [0, 0.1) is 0 Å². The number of ketones is 1. The fourth-order valence-electron chi connectivity index (χ4n) is 2.22. The van der Waals surface area contributed by atoms with Crippen LogP contribution in [-0.2, 0) is 19.1 Å². The summed E-state index contributed by atoms with van der Waals surface area (Å²) in [7, 11) is 0. The maximum atomic E-state index is 11.6. The second-order valence-electron chi connectivity index (χ2n) is 5.54. The molecule has 1 aliphatic rings. The standard InChI is InChI=1S/C15H26O6/c1-2-3-4-5-6-7-12(16)10-14(18)20-11-15(19)13(17)8-9-21-15/h13,17,19H,2-11H2,1H3/t13-,15-/m0/s1. The molecule has 6 heteroatoms. The number of aliphatic hydroxyl groups is 2. The molecule has 122 valence electrons. The van der Waals surface area contributed by atoms with Gasteiger partial charge in [0.2, 0.25) is 5.79 Å². The van der Waals surface area contributed by atoms with Gasteiger partial charge in [0.15, 0.2) is 0 Å². The molecule has 1 rings (SSSR count). The van der Waals surface area contributed by atoms with Crippen LogP contribution in [0.1, 0.15) is 58.3 Å². The van der Waals surface area contributed by atoms with Gasteiger partial charge >= 0.3 is 5.97 Å². The van der Waals surface area contributed by atoms with Crippen LogP contribution in [0.3, 0.4) is 0 Å². The Labute approximate surface area is 125 Å². The van der Waals surface area contributed by atoms with Gasteiger partial charge in [-0.1, -0.05) is 32.6 Å². The van der Waals surface area contributed by atoms with Crippen molar-refractivity contribution in [2.75, 3.05) is 13.2 Å². The Morgan fingerprint density at radius 2 is 2.00 bits per heavy atom. The van der Waals surface area contributed by atoms with Crippen molar-refractivity contribution in [3.8, 4) is 0 Å². The van der Waals surface area contributed by atoms with E-state index >= 15 is 0 Å². The Morgan fingerprint density at radius 3 is 2.62 bits per heavy atom. The number of rotatable bonds is 10. The minimum Gasteiger partial charge on any atom is -0.459 e. The number of carbonyl (C=O) groups excluding carboxylic acids is 2. The van der Waals surface area contributed by atoms with E-state index < -0.39 is 24.5 Å². The van der Waals surface area contributed by atoms with E-state index in [9.17, 15) is 19.8 Å². The third-order valence-electron chi connectivity index (χ3n) is 3.60. The quantitative estimate of drug-likeness (QED) is 0.359. The molecule has 0 bridgehead atoms. The lowest BCUT2D eigenvalue weighted by Gasteiger charge is -2.24. The third kappa shape index (κ3) is 6.54. The highest BCUT2D eigenvalue weighted by Crippen LogP contribution is 2.23. The molecule has 0 radical (unpaired) electrons. The van der Waals surface area contributed by atoms with Crippen molar-refractivity contribution < 1.29 is 29.3 Å². The van der Waals surface area contributed by atoms with Gasteiger partial charge in [-0.3, -0.25) is 9.59 Å². The molecule has 0 saturated carbocycles. The number of carbonyl (C=O) groups is 2. The van der Waals surface area contributed by atoms with E-state index in [1.165, 1.54) is 0 Å². The zero-order valence-corrected chi connectivity index (χ0v) is 12.7. The number of unbranched alkanes of at least 4 members (excludes halogenated alkanes) is 4. The summed E-state index contributed by atoms with van der Waals surface area (Å²) >= 11 is 0. The molecule has 1 saturated heterocycles. The summed E-state index contributed by atoms with van der Waals surface area (Å²) in [6, 6.07) is 0. The van der Waals surface area contributed by atoms with Gasteiger partial charge in [0, 0.05) is 12.8 Å². The first kappa shape index (κ1) is 18.1. The average Bonchev–Trinajstić information content (AvgIpc) is 2.77. The van der Waals surface area contributed by atoms with E-state index in [2.05, 4.69) is 6.92 Å². The van der Waals surface area contributed by atoms with E-state index in [1.807, 2.05) is 0 Å². The largest absolute Gasteiger partial charge is 0.459 e. The molecule has 0 aromatic carbocycles. The smallest absolute Gasteiger partial charge is 0.313 e. The van der Waals surface area contributed by atoms with Crippen LogP contribution < -0.4 is 0 Å². The van der Waals surface area contributed by atoms with Gasteiger partial charge in [-0.05, 0) is 6.42 Å². The minimum atomic E-state index is -1.83. The van der Waals surface area contributed by atoms with Crippen molar-refractivity contribution in [1.29, 1.82) is 0 Å². The Hall–Kier alpha value is -0.980. The molecule has 0 spiro atoms. The zero-order chi connectivity index (χ0) is 15.7. The van der Waals surface area contributed by atoms with Gasteiger partial charge < -0.3 is 19.7 Å². The van der Waals surface area contributed by atoms with Crippen molar-refractivity contribution in [1.82, 2.24) is 0 Å². The fraction of sp³-hybridized carbons (Fsp3) is 0.867. The highest BCUT2D eigenvalue weighted by Gasteiger charge is 2.43. The van der Waals surface area contributed by atoms with Gasteiger partial charge in [0.05, 0.1) is 6.61 Å². The molecule has 0 unspecified atom stereocenters. The summed E-state index contributed by atoms with van der Waals surface area (Å²) < 4.78 is 9.77. The predicted octanol–water partition coefficient (Wildman–Crippen LogP) is 1.32. The van der Waals surface area contributed by atoms with Crippen LogP contribution in [0.25, 0.3) is 0 Å². The molecule has 1 aliphatic heterocycles. The first-order valence-corrected chi connectivity index (χ1v) is 7.69. The summed E-state index contributed by atoms with van der Waals surface area (Å²) in [6.45, 7) is 1.89. The molecule has 1 fully saturated rings. The molecule has 1 heterocycles. The summed E-state index contributed by atoms with van der Waals surface area (Å²) in [5.41, 5.74) is 0. The number of Topliss-reactive ketones (excluding diaryl/α,β-unsaturated/α-hetero) is 1. The van der Waals surface area contributed by atoms with Gasteiger partial charge in [-0.25, -0.2) is 0 Å². The lowest BCUT2D eigenvalue weighted by atomic mass is 10.1. The maximum Gasteiger partial charge on any atom is 0.313 e. The van der Waals surface area contributed by atoms with Gasteiger partial charge in [-0.15, -0.1) is 0 Å². The number of ether oxygens (including phenoxy) is 2.